The Bertz CT molecular complexity index is 436. The third-order valence-corrected chi connectivity index (χ3v) is 4.09. The van der Waals surface area contributed by atoms with Gasteiger partial charge < -0.3 is 10.3 Å². The van der Waals surface area contributed by atoms with E-state index >= 15 is 0 Å². The topological polar surface area (TPSA) is 39.5 Å². The van der Waals surface area contributed by atoms with E-state index in [0.717, 1.165) is 24.4 Å². The lowest BCUT2D eigenvalue weighted by molar-refractivity contribution is 0.372. The number of hydrogen-bond donors (Lipinski definition) is 1. The molecule has 0 amide bonds. The van der Waals surface area contributed by atoms with Gasteiger partial charge in [-0.1, -0.05) is 20.3 Å². The van der Waals surface area contributed by atoms with Crippen LogP contribution in [0.4, 0.5) is 5.00 Å². The predicted molar refractivity (Wildman–Crippen MR) is 79.5 cm³/mol. The molecule has 4 heteroatoms. The zero-order valence-electron chi connectivity index (χ0n) is 11.1. The first-order valence-corrected chi connectivity index (χ1v) is 7.62. The second-order valence-electron chi connectivity index (χ2n) is 4.62. The van der Waals surface area contributed by atoms with Crippen LogP contribution in [0.15, 0.2) is 16.4 Å². The highest BCUT2D eigenvalue weighted by molar-refractivity contribution is 7.14. The van der Waals surface area contributed by atoms with Crippen molar-refractivity contribution in [2.75, 3.05) is 6.54 Å². The summed E-state index contributed by atoms with van der Waals surface area (Å²) in [5.41, 5.74) is 1.20. The van der Waals surface area contributed by atoms with Crippen LogP contribution in [-0.4, -0.2) is 23.5 Å². The molecule has 1 atom stereocenters. The maximum absolute atomic E-state index is 7.73. The van der Waals surface area contributed by atoms with Crippen molar-refractivity contribution in [1.82, 2.24) is 4.90 Å². The molecular formula is C14H21N3S. The summed E-state index contributed by atoms with van der Waals surface area (Å²) in [5, 5.41) is 10.9. The van der Waals surface area contributed by atoms with E-state index in [0.29, 0.717) is 0 Å². The minimum Gasteiger partial charge on any atom is -0.348 e. The van der Waals surface area contributed by atoms with Crippen LogP contribution in [-0.2, 0) is 0 Å². The number of unbranched alkanes of at least 4 members (excludes halogenated alkanes) is 1. The number of nitrogens with zero attached hydrogens (tertiary/aromatic N) is 2. The summed E-state index contributed by atoms with van der Waals surface area (Å²) in [6.07, 6.45) is 6.03. The number of rotatable bonds is 6. The van der Waals surface area contributed by atoms with Crippen molar-refractivity contribution in [2.24, 2.45) is 4.99 Å². The van der Waals surface area contributed by atoms with Crippen LogP contribution in [0.3, 0.4) is 0 Å². The lowest BCUT2D eigenvalue weighted by Crippen LogP contribution is -2.38. The average Bonchev–Trinajstić information content (AvgIpc) is 2.84. The second-order valence-corrected chi connectivity index (χ2v) is 5.51. The van der Waals surface area contributed by atoms with Gasteiger partial charge in [0.05, 0.1) is 6.04 Å². The van der Waals surface area contributed by atoms with Gasteiger partial charge in [-0.3, -0.25) is 0 Å². The number of aliphatic imine (C=N–C) groups is 1. The minimum absolute atomic E-state index is 0.0931. The fourth-order valence-corrected chi connectivity index (χ4v) is 3.19. The summed E-state index contributed by atoms with van der Waals surface area (Å²) in [5.74, 6) is 1.17. The molecule has 0 aliphatic carbocycles. The number of hydrogen-bond acceptors (Lipinski definition) is 4. The molecule has 0 fully saturated rings. The Morgan fingerprint density at radius 1 is 1.44 bits per heavy atom. The van der Waals surface area contributed by atoms with Gasteiger partial charge >= 0.3 is 0 Å². The standard InChI is InChI=1S/C14H21N3S/c1-3-5-6-13-16-14-11(7-9-18-14)12(10-15)17(13)8-4-2/h7,9-10,12,15H,3-6,8H2,1-2H3. The average molecular weight is 263 g/mol. The van der Waals surface area contributed by atoms with Crippen molar-refractivity contribution in [3.63, 3.8) is 0 Å². The van der Waals surface area contributed by atoms with Crippen LogP contribution >= 0.6 is 11.3 Å². The molecule has 98 valence electrons. The van der Waals surface area contributed by atoms with E-state index in [-0.39, 0.29) is 6.04 Å². The van der Waals surface area contributed by atoms with Gasteiger partial charge in [0.15, 0.2) is 0 Å². The fourth-order valence-electron chi connectivity index (χ4n) is 2.36. The lowest BCUT2D eigenvalue weighted by atomic mass is 10.1. The SMILES string of the molecule is CCCCC1=Nc2sccc2C(C=N)N1CCC. The molecular weight excluding hydrogens is 242 g/mol. The van der Waals surface area contributed by atoms with Gasteiger partial charge in [0.2, 0.25) is 0 Å². The van der Waals surface area contributed by atoms with Crippen molar-refractivity contribution < 1.29 is 0 Å². The number of fused-ring (bicyclic) bond motifs is 1. The van der Waals surface area contributed by atoms with E-state index in [1.54, 1.807) is 17.6 Å². The molecule has 1 aromatic heterocycles. The van der Waals surface area contributed by atoms with Crippen molar-refractivity contribution in [1.29, 1.82) is 5.41 Å². The maximum Gasteiger partial charge on any atom is 0.123 e. The van der Waals surface area contributed by atoms with Crippen LogP contribution in [0, 0.1) is 5.41 Å². The molecule has 2 rings (SSSR count). The van der Waals surface area contributed by atoms with Crippen LogP contribution in [0.2, 0.25) is 0 Å². The first-order valence-electron chi connectivity index (χ1n) is 6.74. The summed E-state index contributed by atoms with van der Waals surface area (Å²) in [6, 6.07) is 2.20. The first kappa shape index (κ1) is 13.3. The van der Waals surface area contributed by atoms with Crippen LogP contribution in [0.5, 0.6) is 0 Å². The molecule has 0 saturated heterocycles. The molecule has 0 radical (unpaired) electrons. The Morgan fingerprint density at radius 3 is 2.94 bits per heavy atom. The monoisotopic (exact) mass is 263 g/mol. The summed E-state index contributed by atoms with van der Waals surface area (Å²) in [6.45, 7) is 5.37. The highest BCUT2D eigenvalue weighted by Gasteiger charge is 2.28. The van der Waals surface area contributed by atoms with Crippen molar-refractivity contribution in [3.05, 3.63) is 17.0 Å². The van der Waals surface area contributed by atoms with Crippen LogP contribution in [0.1, 0.15) is 51.1 Å². The van der Waals surface area contributed by atoms with Crippen LogP contribution < -0.4 is 0 Å². The van der Waals surface area contributed by atoms with Gasteiger partial charge in [0.1, 0.15) is 10.8 Å². The summed E-state index contributed by atoms with van der Waals surface area (Å²) in [7, 11) is 0. The van der Waals surface area contributed by atoms with E-state index in [2.05, 4.69) is 30.2 Å². The van der Waals surface area contributed by atoms with Gasteiger partial charge in [0.25, 0.3) is 0 Å². The molecule has 0 aromatic carbocycles. The molecule has 1 aliphatic heterocycles. The van der Waals surface area contributed by atoms with E-state index < -0.39 is 0 Å². The normalized spacial score (nSPS) is 18.4. The van der Waals surface area contributed by atoms with E-state index in [4.69, 9.17) is 10.4 Å². The number of amidine groups is 1. The predicted octanol–water partition coefficient (Wildman–Crippen LogP) is 4.38. The highest BCUT2D eigenvalue weighted by Crippen LogP contribution is 2.38. The Labute approximate surface area is 113 Å². The maximum atomic E-state index is 7.73. The van der Waals surface area contributed by atoms with Gasteiger partial charge in [-0.05, 0) is 24.3 Å². The molecule has 1 aromatic rings. The second kappa shape index (κ2) is 6.14. The minimum atomic E-state index is 0.0931. The zero-order valence-corrected chi connectivity index (χ0v) is 12.0. The van der Waals surface area contributed by atoms with E-state index in [1.807, 2.05) is 0 Å². The van der Waals surface area contributed by atoms with Crippen molar-refractivity contribution in [2.45, 2.75) is 45.6 Å². The lowest BCUT2D eigenvalue weighted by Gasteiger charge is -2.35. The molecule has 3 nitrogen and oxygen atoms in total. The zero-order chi connectivity index (χ0) is 13.0. The quantitative estimate of drug-likeness (QED) is 0.760. The third kappa shape index (κ3) is 2.48. The van der Waals surface area contributed by atoms with Gasteiger partial charge in [0, 0.05) is 24.7 Å². The molecule has 0 spiro atoms. The fraction of sp³-hybridized carbons (Fsp3) is 0.571. The van der Waals surface area contributed by atoms with Crippen molar-refractivity contribution in [3.8, 4) is 0 Å². The Balaban J connectivity index is 2.32. The molecule has 1 unspecified atom stereocenters. The van der Waals surface area contributed by atoms with Crippen LogP contribution in [0.25, 0.3) is 0 Å². The third-order valence-electron chi connectivity index (χ3n) is 3.27. The number of nitrogens with one attached hydrogen (secondary N) is 1. The molecule has 18 heavy (non-hydrogen) atoms. The first-order chi connectivity index (χ1) is 8.81. The summed E-state index contributed by atoms with van der Waals surface area (Å²) < 4.78 is 0. The van der Waals surface area contributed by atoms with Crippen molar-refractivity contribution >= 4 is 28.4 Å². The molecule has 1 N–H and O–H groups in total. The largest absolute Gasteiger partial charge is 0.348 e. The molecule has 1 aliphatic rings. The smallest absolute Gasteiger partial charge is 0.123 e. The molecule has 2 heterocycles. The highest BCUT2D eigenvalue weighted by atomic mass is 32.1. The summed E-state index contributed by atoms with van der Waals surface area (Å²) >= 11 is 1.68. The number of thiophene rings is 1. The Hall–Kier alpha value is -1.16. The van der Waals surface area contributed by atoms with E-state index in [1.165, 1.54) is 24.2 Å². The van der Waals surface area contributed by atoms with Gasteiger partial charge in [-0.25, -0.2) is 4.99 Å². The summed E-state index contributed by atoms with van der Waals surface area (Å²) in [4.78, 5) is 7.10. The van der Waals surface area contributed by atoms with Gasteiger partial charge in [-0.2, -0.15) is 0 Å². The van der Waals surface area contributed by atoms with E-state index in [9.17, 15) is 0 Å². The Morgan fingerprint density at radius 2 is 2.28 bits per heavy atom. The molecule has 0 bridgehead atoms. The van der Waals surface area contributed by atoms with Gasteiger partial charge in [-0.15, -0.1) is 11.3 Å². The molecule has 0 saturated carbocycles. The Kier molecular flexibility index (Phi) is 4.53.